The molecular weight excluding hydrogens is 212 g/mol. The van der Waals surface area contributed by atoms with Crippen molar-refractivity contribution in [2.45, 2.75) is 39.5 Å². The van der Waals surface area contributed by atoms with Crippen LogP contribution in [0, 0.1) is 0 Å². The highest BCUT2D eigenvalue weighted by Gasteiger charge is 2.04. The van der Waals surface area contributed by atoms with E-state index in [1.165, 1.54) is 13.8 Å². The average Bonchev–Trinajstić information content (AvgIpc) is 2.19. The Labute approximate surface area is 95.1 Å². The number of carbonyl (C=O) groups is 3. The van der Waals surface area contributed by atoms with Crippen molar-refractivity contribution in [3.8, 4) is 0 Å². The first-order valence-electron chi connectivity index (χ1n) is 5.31. The first-order chi connectivity index (χ1) is 7.52. The summed E-state index contributed by atoms with van der Waals surface area (Å²) in [5, 5.41) is 0. The van der Waals surface area contributed by atoms with Crippen LogP contribution in [0.5, 0.6) is 0 Å². The van der Waals surface area contributed by atoms with E-state index >= 15 is 0 Å². The van der Waals surface area contributed by atoms with E-state index in [0.717, 1.165) is 0 Å². The molecule has 5 heteroatoms. The highest BCUT2D eigenvalue weighted by atomic mass is 16.7. The van der Waals surface area contributed by atoms with E-state index in [4.69, 9.17) is 9.47 Å². The van der Waals surface area contributed by atoms with Gasteiger partial charge in [-0.1, -0.05) is 0 Å². The molecule has 92 valence electrons. The van der Waals surface area contributed by atoms with Crippen LogP contribution in [0.25, 0.3) is 0 Å². The minimum Gasteiger partial charge on any atom is -0.434 e. The number of ketones is 2. The Morgan fingerprint density at radius 1 is 0.812 bits per heavy atom. The zero-order valence-corrected chi connectivity index (χ0v) is 9.78. The number of ether oxygens (including phenoxy) is 2. The Morgan fingerprint density at radius 2 is 1.19 bits per heavy atom. The Morgan fingerprint density at radius 3 is 1.50 bits per heavy atom. The number of Topliss-reactive ketones (excluding diaryl/α,β-unsaturated/α-hetero) is 2. The maximum atomic E-state index is 10.9. The average molecular weight is 230 g/mol. The third kappa shape index (κ3) is 10.7. The molecule has 0 unspecified atom stereocenters. The molecule has 0 atom stereocenters. The Balaban J connectivity index is 3.31. The Bertz CT molecular complexity index is 223. The van der Waals surface area contributed by atoms with Gasteiger partial charge in [0.1, 0.15) is 11.6 Å². The molecular formula is C11H18O5. The molecule has 0 N–H and O–H groups in total. The standard InChI is InChI=1S/C11H18O5/c1-9(12)5-3-7-15-11(14)16-8-4-6-10(2)13/h3-8H2,1-2H3. The summed E-state index contributed by atoms with van der Waals surface area (Å²) in [5.41, 5.74) is 0. The summed E-state index contributed by atoms with van der Waals surface area (Å²) in [4.78, 5) is 32.0. The lowest BCUT2D eigenvalue weighted by atomic mass is 10.2. The summed E-state index contributed by atoms with van der Waals surface area (Å²) in [7, 11) is 0. The molecule has 0 aromatic heterocycles. The third-order valence-electron chi connectivity index (χ3n) is 1.79. The van der Waals surface area contributed by atoms with Crippen LogP contribution < -0.4 is 0 Å². The highest BCUT2D eigenvalue weighted by Crippen LogP contribution is 1.96. The van der Waals surface area contributed by atoms with E-state index in [9.17, 15) is 14.4 Å². The zero-order chi connectivity index (χ0) is 12.4. The summed E-state index contributed by atoms with van der Waals surface area (Å²) in [5.74, 6) is 0.136. The molecule has 0 bridgehead atoms. The second-order valence-corrected chi connectivity index (χ2v) is 3.56. The number of hydrogen-bond donors (Lipinski definition) is 0. The summed E-state index contributed by atoms with van der Waals surface area (Å²) >= 11 is 0. The van der Waals surface area contributed by atoms with Gasteiger partial charge in [-0.2, -0.15) is 0 Å². The molecule has 0 fully saturated rings. The molecule has 0 aliphatic carbocycles. The van der Waals surface area contributed by atoms with Crippen molar-refractivity contribution in [1.82, 2.24) is 0 Å². The van der Waals surface area contributed by atoms with Crippen LogP contribution in [-0.4, -0.2) is 30.9 Å². The Hall–Kier alpha value is -1.39. The first-order valence-corrected chi connectivity index (χ1v) is 5.31. The monoisotopic (exact) mass is 230 g/mol. The lowest BCUT2D eigenvalue weighted by Crippen LogP contribution is -2.10. The van der Waals surface area contributed by atoms with Gasteiger partial charge in [0.15, 0.2) is 0 Å². The topological polar surface area (TPSA) is 69.7 Å². The summed E-state index contributed by atoms with van der Waals surface area (Å²) in [6.07, 6.45) is 1.08. The van der Waals surface area contributed by atoms with E-state index in [1.807, 2.05) is 0 Å². The van der Waals surface area contributed by atoms with Crippen LogP contribution in [0.3, 0.4) is 0 Å². The molecule has 16 heavy (non-hydrogen) atoms. The van der Waals surface area contributed by atoms with Gasteiger partial charge in [-0.25, -0.2) is 4.79 Å². The van der Waals surface area contributed by atoms with Crippen LogP contribution in [0.15, 0.2) is 0 Å². The predicted octanol–water partition coefficient (Wildman–Crippen LogP) is 1.88. The number of hydrogen-bond acceptors (Lipinski definition) is 5. The zero-order valence-electron chi connectivity index (χ0n) is 9.78. The third-order valence-corrected chi connectivity index (χ3v) is 1.79. The maximum Gasteiger partial charge on any atom is 0.508 e. The fraction of sp³-hybridized carbons (Fsp3) is 0.727. The summed E-state index contributed by atoms with van der Waals surface area (Å²) in [6, 6.07) is 0. The maximum absolute atomic E-state index is 10.9. The van der Waals surface area contributed by atoms with E-state index in [-0.39, 0.29) is 24.8 Å². The predicted molar refractivity (Wildman–Crippen MR) is 57.1 cm³/mol. The van der Waals surface area contributed by atoms with Gasteiger partial charge in [0.25, 0.3) is 0 Å². The number of carbonyl (C=O) groups excluding carboxylic acids is 3. The van der Waals surface area contributed by atoms with Crippen molar-refractivity contribution < 1.29 is 23.9 Å². The van der Waals surface area contributed by atoms with Gasteiger partial charge in [-0.15, -0.1) is 0 Å². The lowest BCUT2D eigenvalue weighted by molar-refractivity contribution is -0.118. The van der Waals surface area contributed by atoms with Gasteiger partial charge in [-0.05, 0) is 26.7 Å². The molecule has 0 radical (unpaired) electrons. The second kappa shape index (κ2) is 8.88. The molecule has 0 spiro atoms. The van der Waals surface area contributed by atoms with Gasteiger partial charge in [0.05, 0.1) is 13.2 Å². The fourth-order valence-electron chi connectivity index (χ4n) is 0.995. The lowest BCUT2D eigenvalue weighted by Gasteiger charge is -2.04. The molecule has 0 saturated carbocycles. The van der Waals surface area contributed by atoms with Gasteiger partial charge in [0.2, 0.25) is 0 Å². The number of rotatable bonds is 8. The van der Waals surface area contributed by atoms with Crippen molar-refractivity contribution in [3.63, 3.8) is 0 Å². The molecule has 0 saturated heterocycles. The van der Waals surface area contributed by atoms with E-state index in [2.05, 4.69) is 0 Å². The van der Waals surface area contributed by atoms with Gasteiger partial charge < -0.3 is 19.1 Å². The molecule has 0 aliphatic heterocycles. The summed E-state index contributed by atoms with van der Waals surface area (Å²) < 4.78 is 9.40. The van der Waals surface area contributed by atoms with Crippen LogP contribution in [0.2, 0.25) is 0 Å². The minimum absolute atomic E-state index is 0.0680. The quantitative estimate of drug-likeness (QED) is 0.470. The van der Waals surface area contributed by atoms with Crippen LogP contribution in [0.1, 0.15) is 39.5 Å². The first kappa shape index (κ1) is 14.6. The normalized spacial score (nSPS) is 9.62. The molecule has 0 aliphatic rings. The Kier molecular flexibility index (Phi) is 8.11. The molecule has 0 rings (SSSR count). The molecule has 0 amide bonds. The highest BCUT2D eigenvalue weighted by molar-refractivity contribution is 5.75. The van der Waals surface area contributed by atoms with Crippen molar-refractivity contribution in [1.29, 1.82) is 0 Å². The second-order valence-electron chi connectivity index (χ2n) is 3.56. The van der Waals surface area contributed by atoms with Crippen molar-refractivity contribution in [2.75, 3.05) is 13.2 Å². The SMILES string of the molecule is CC(=O)CCCOC(=O)OCCCC(C)=O. The van der Waals surface area contributed by atoms with Crippen LogP contribution in [0.4, 0.5) is 4.79 Å². The van der Waals surface area contributed by atoms with Gasteiger partial charge in [-0.3, -0.25) is 0 Å². The molecule has 0 heterocycles. The minimum atomic E-state index is -0.743. The van der Waals surface area contributed by atoms with Gasteiger partial charge >= 0.3 is 6.16 Å². The van der Waals surface area contributed by atoms with E-state index in [1.54, 1.807) is 0 Å². The van der Waals surface area contributed by atoms with Crippen LogP contribution in [-0.2, 0) is 19.1 Å². The smallest absolute Gasteiger partial charge is 0.434 e. The molecule has 5 nitrogen and oxygen atoms in total. The van der Waals surface area contributed by atoms with E-state index in [0.29, 0.717) is 25.7 Å². The van der Waals surface area contributed by atoms with E-state index < -0.39 is 6.16 Å². The van der Waals surface area contributed by atoms with Crippen LogP contribution >= 0.6 is 0 Å². The van der Waals surface area contributed by atoms with Crippen molar-refractivity contribution in [3.05, 3.63) is 0 Å². The van der Waals surface area contributed by atoms with Crippen molar-refractivity contribution >= 4 is 17.7 Å². The summed E-state index contributed by atoms with van der Waals surface area (Å²) in [6.45, 7) is 3.34. The largest absolute Gasteiger partial charge is 0.508 e. The molecule has 0 aromatic carbocycles. The van der Waals surface area contributed by atoms with Gasteiger partial charge in [0, 0.05) is 12.8 Å². The molecule has 0 aromatic rings. The van der Waals surface area contributed by atoms with Crippen molar-refractivity contribution in [2.24, 2.45) is 0 Å². The fourth-order valence-corrected chi connectivity index (χ4v) is 0.995.